The van der Waals surface area contributed by atoms with Crippen LogP contribution in [0.5, 0.6) is 0 Å². The molecule has 9 N–H and O–H groups in total. The molecule has 32 heavy (non-hydrogen) atoms. The lowest BCUT2D eigenvalue weighted by atomic mass is 9.97. The molecule has 0 spiro atoms. The second-order valence-electron chi connectivity index (χ2n) is 8.14. The van der Waals surface area contributed by atoms with E-state index in [9.17, 15) is 40.9 Å². The van der Waals surface area contributed by atoms with Gasteiger partial charge in [0.15, 0.2) is 12.6 Å². The maximum Gasteiger partial charge on any atom is 0.187 e. The van der Waals surface area contributed by atoms with Crippen LogP contribution < -0.4 is 5.32 Å². The molecule has 188 valence electrons. The van der Waals surface area contributed by atoms with E-state index >= 15 is 0 Å². The molecule has 14 heteroatoms. The molecule has 0 aromatic heterocycles. The average molecular weight is 471 g/mol. The maximum absolute atomic E-state index is 10.6. The standard InChI is InChI=1S/C18H33NO13/c1-28-5-9-10(23)11(24)13(26)17(30-9)32-16-8(4-21)29-18(14(27)12(16)25)31-15-6(3-20)19-2-7(15)22/h6-27H,2-5H2,1H3/t6?,7?,8-,9-,10-,11+,12+,13-,14-,15?,16+,17+,18-/m1/s1. The van der Waals surface area contributed by atoms with Crippen LogP contribution in [0.2, 0.25) is 0 Å². The normalized spacial score (nSPS) is 50.0. The molecule has 14 nitrogen and oxygen atoms in total. The first-order valence-corrected chi connectivity index (χ1v) is 10.4. The number of ether oxygens (including phenoxy) is 5. The number of β-amino-alcohol motifs (C(OH)–C–C–N with tert-alkyl or cyclic N) is 1. The predicted octanol–water partition coefficient (Wildman–Crippen LogP) is -6.03. The molecular formula is C18H33NO13. The van der Waals surface area contributed by atoms with Gasteiger partial charge in [-0.2, -0.15) is 0 Å². The van der Waals surface area contributed by atoms with Gasteiger partial charge in [0.2, 0.25) is 0 Å². The van der Waals surface area contributed by atoms with Crippen LogP contribution in [0, 0.1) is 0 Å². The van der Waals surface area contributed by atoms with Crippen molar-refractivity contribution in [3.05, 3.63) is 0 Å². The summed E-state index contributed by atoms with van der Waals surface area (Å²) in [4.78, 5) is 0. The Hall–Kier alpha value is -0.560. The summed E-state index contributed by atoms with van der Waals surface area (Å²) in [6.45, 7) is -1.01. The molecule has 3 saturated heterocycles. The highest BCUT2D eigenvalue weighted by atomic mass is 16.7. The van der Waals surface area contributed by atoms with Crippen molar-refractivity contribution in [1.29, 1.82) is 0 Å². The van der Waals surface area contributed by atoms with Crippen LogP contribution in [0.25, 0.3) is 0 Å². The van der Waals surface area contributed by atoms with E-state index in [0.717, 1.165) is 0 Å². The van der Waals surface area contributed by atoms with Gasteiger partial charge >= 0.3 is 0 Å². The van der Waals surface area contributed by atoms with Gasteiger partial charge in [-0.05, 0) is 0 Å². The van der Waals surface area contributed by atoms with Crippen LogP contribution in [0.15, 0.2) is 0 Å². The molecular weight excluding hydrogens is 438 g/mol. The number of aliphatic hydroxyl groups is 8. The Labute approximate surface area is 183 Å². The summed E-state index contributed by atoms with van der Waals surface area (Å²) in [5.41, 5.74) is 0. The van der Waals surface area contributed by atoms with E-state index in [1.165, 1.54) is 7.11 Å². The summed E-state index contributed by atoms with van der Waals surface area (Å²) in [5, 5.41) is 83.5. The fourth-order valence-corrected chi connectivity index (χ4v) is 4.10. The van der Waals surface area contributed by atoms with Crippen LogP contribution in [0.1, 0.15) is 0 Å². The number of methoxy groups -OCH3 is 1. The predicted molar refractivity (Wildman–Crippen MR) is 101 cm³/mol. The molecule has 3 rings (SSSR count). The minimum atomic E-state index is -1.71. The van der Waals surface area contributed by atoms with E-state index in [4.69, 9.17) is 23.7 Å². The summed E-state index contributed by atoms with van der Waals surface area (Å²) in [7, 11) is 1.35. The van der Waals surface area contributed by atoms with Gasteiger partial charge in [0.25, 0.3) is 0 Å². The highest BCUT2D eigenvalue weighted by Gasteiger charge is 2.52. The lowest BCUT2D eigenvalue weighted by Gasteiger charge is -2.46. The summed E-state index contributed by atoms with van der Waals surface area (Å²) in [5.74, 6) is 0. The summed E-state index contributed by atoms with van der Waals surface area (Å²) < 4.78 is 27.0. The van der Waals surface area contributed by atoms with E-state index in [1.54, 1.807) is 0 Å². The highest BCUT2D eigenvalue weighted by molar-refractivity contribution is 4.96. The fraction of sp³-hybridized carbons (Fsp3) is 1.00. The smallest absolute Gasteiger partial charge is 0.187 e. The van der Waals surface area contributed by atoms with Crippen molar-refractivity contribution in [2.24, 2.45) is 0 Å². The molecule has 0 amide bonds. The third-order valence-corrected chi connectivity index (χ3v) is 5.96. The Morgan fingerprint density at radius 1 is 0.750 bits per heavy atom. The van der Waals surface area contributed by atoms with Gasteiger partial charge in [-0.1, -0.05) is 0 Å². The summed E-state index contributed by atoms with van der Waals surface area (Å²) >= 11 is 0. The Morgan fingerprint density at radius 2 is 1.34 bits per heavy atom. The van der Waals surface area contributed by atoms with E-state index in [0.29, 0.717) is 0 Å². The zero-order valence-corrected chi connectivity index (χ0v) is 17.5. The van der Waals surface area contributed by atoms with Crippen molar-refractivity contribution in [2.45, 2.75) is 79.7 Å². The quantitative estimate of drug-likeness (QED) is 0.161. The van der Waals surface area contributed by atoms with Gasteiger partial charge < -0.3 is 69.9 Å². The van der Waals surface area contributed by atoms with Gasteiger partial charge in [0.05, 0.1) is 32.0 Å². The molecule has 3 aliphatic heterocycles. The average Bonchev–Trinajstić information content (AvgIpc) is 3.14. The Morgan fingerprint density at radius 3 is 1.94 bits per heavy atom. The second kappa shape index (κ2) is 11.2. The molecule has 0 saturated carbocycles. The molecule has 0 aromatic rings. The number of hydrogen-bond donors (Lipinski definition) is 9. The van der Waals surface area contributed by atoms with Gasteiger partial charge in [0.1, 0.15) is 54.9 Å². The van der Waals surface area contributed by atoms with E-state index < -0.39 is 86.3 Å². The van der Waals surface area contributed by atoms with Crippen LogP contribution in [-0.4, -0.2) is 154 Å². The Bertz CT molecular complexity index is 585. The van der Waals surface area contributed by atoms with E-state index in [-0.39, 0.29) is 19.8 Å². The third-order valence-electron chi connectivity index (χ3n) is 5.96. The molecule has 0 aliphatic carbocycles. The monoisotopic (exact) mass is 471 g/mol. The molecule has 0 aromatic carbocycles. The van der Waals surface area contributed by atoms with Gasteiger partial charge in [-0.25, -0.2) is 0 Å². The first-order chi connectivity index (χ1) is 15.2. The van der Waals surface area contributed by atoms with Gasteiger partial charge in [0, 0.05) is 13.7 Å². The van der Waals surface area contributed by atoms with Crippen LogP contribution in [-0.2, 0) is 23.7 Å². The lowest BCUT2D eigenvalue weighted by Crippen LogP contribution is -2.65. The molecule has 3 aliphatic rings. The number of rotatable bonds is 8. The molecule has 13 atom stereocenters. The zero-order chi connectivity index (χ0) is 23.6. The molecule has 3 fully saturated rings. The summed E-state index contributed by atoms with van der Waals surface area (Å²) in [6.07, 6.45) is -16.9. The van der Waals surface area contributed by atoms with Crippen molar-refractivity contribution in [2.75, 3.05) is 33.5 Å². The molecule has 0 radical (unpaired) electrons. The largest absolute Gasteiger partial charge is 0.395 e. The second-order valence-corrected chi connectivity index (χ2v) is 8.14. The molecule has 3 heterocycles. The van der Waals surface area contributed by atoms with Gasteiger partial charge in [-0.3, -0.25) is 0 Å². The van der Waals surface area contributed by atoms with E-state index in [2.05, 4.69) is 5.32 Å². The first-order valence-electron chi connectivity index (χ1n) is 10.4. The third kappa shape index (κ3) is 5.24. The minimum Gasteiger partial charge on any atom is -0.395 e. The molecule has 0 bridgehead atoms. The van der Waals surface area contributed by atoms with Crippen LogP contribution in [0.4, 0.5) is 0 Å². The number of aliphatic hydroxyl groups excluding tert-OH is 8. The topological polar surface area (TPSA) is 220 Å². The SMILES string of the molecule is COC[C@H]1O[C@@H](O[C@@H]2[C@@H](O)[C@@H](O)[C@@H](OC3C(O)CNC3CO)O[C@@H]2CO)[C@H](O)[C@@H](O)[C@@H]1O. The summed E-state index contributed by atoms with van der Waals surface area (Å²) in [6, 6.07) is -0.629. The van der Waals surface area contributed by atoms with Crippen LogP contribution >= 0.6 is 0 Å². The van der Waals surface area contributed by atoms with E-state index in [1.807, 2.05) is 0 Å². The van der Waals surface area contributed by atoms with Crippen molar-refractivity contribution < 1.29 is 64.5 Å². The first kappa shape index (κ1) is 26.1. The van der Waals surface area contributed by atoms with Crippen LogP contribution in [0.3, 0.4) is 0 Å². The highest BCUT2D eigenvalue weighted by Crippen LogP contribution is 2.30. The lowest BCUT2D eigenvalue weighted by molar-refractivity contribution is -0.364. The fourth-order valence-electron chi connectivity index (χ4n) is 4.10. The number of hydrogen-bond acceptors (Lipinski definition) is 14. The Kier molecular flexibility index (Phi) is 9.15. The maximum atomic E-state index is 10.6. The van der Waals surface area contributed by atoms with Crippen molar-refractivity contribution in [3.63, 3.8) is 0 Å². The minimum absolute atomic E-state index is 0.125. The number of nitrogens with one attached hydrogen (secondary N) is 1. The Balaban J connectivity index is 1.69. The van der Waals surface area contributed by atoms with Gasteiger partial charge in [-0.15, -0.1) is 0 Å². The zero-order valence-electron chi connectivity index (χ0n) is 17.5. The van der Waals surface area contributed by atoms with Crippen molar-refractivity contribution >= 4 is 0 Å². The molecule has 3 unspecified atom stereocenters. The van der Waals surface area contributed by atoms with Crippen molar-refractivity contribution in [1.82, 2.24) is 5.32 Å². The van der Waals surface area contributed by atoms with Crippen molar-refractivity contribution in [3.8, 4) is 0 Å².